The van der Waals surface area contributed by atoms with Crippen molar-refractivity contribution in [2.24, 2.45) is 0 Å². The molecule has 3 nitrogen and oxygen atoms in total. The van der Waals surface area contributed by atoms with E-state index in [1.165, 1.54) is 12.8 Å². The standard InChI is InChI=1S/C14H30N2O/c1-6-7-12(2)15-10-13(3)16-8-9-17-11-14(16,4)5/h12-13,15H,6-11H2,1-5H3. The van der Waals surface area contributed by atoms with Crippen molar-refractivity contribution in [2.75, 3.05) is 26.3 Å². The number of morpholine rings is 1. The highest BCUT2D eigenvalue weighted by Crippen LogP contribution is 2.21. The maximum Gasteiger partial charge on any atom is 0.0645 e. The Kier molecular flexibility index (Phi) is 5.90. The van der Waals surface area contributed by atoms with Crippen LogP contribution in [0.2, 0.25) is 0 Å². The first-order valence-corrected chi connectivity index (χ1v) is 7.05. The molecule has 0 radical (unpaired) electrons. The van der Waals surface area contributed by atoms with Gasteiger partial charge in [0.15, 0.2) is 0 Å². The molecule has 1 aliphatic rings. The topological polar surface area (TPSA) is 24.5 Å². The SMILES string of the molecule is CCCC(C)NCC(C)N1CCOCC1(C)C. The summed E-state index contributed by atoms with van der Waals surface area (Å²) in [6.45, 7) is 15.2. The van der Waals surface area contributed by atoms with Crippen molar-refractivity contribution in [1.82, 2.24) is 10.2 Å². The predicted molar refractivity (Wildman–Crippen MR) is 73.4 cm³/mol. The average molecular weight is 242 g/mol. The molecule has 17 heavy (non-hydrogen) atoms. The number of rotatable bonds is 6. The van der Waals surface area contributed by atoms with Crippen LogP contribution in [0.15, 0.2) is 0 Å². The van der Waals surface area contributed by atoms with Gasteiger partial charge in [-0.15, -0.1) is 0 Å². The van der Waals surface area contributed by atoms with Crippen LogP contribution in [0.1, 0.15) is 47.5 Å². The summed E-state index contributed by atoms with van der Waals surface area (Å²) in [6.07, 6.45) is 2.52. The van der Waals surface area contributed by atoms with Crippen molar-refractivity contribution in [2.45, 2.75) is 65.1 Å². The number of nitrogens with one attached hydrogen (secondary N) is 1. The van der Waals surface area contributed by atoms with E-state index >= 15 is 0 Å². The molecular weight excluding hydrogens is 212 g/mol. The van der Waals surface area contributed by atoms with Crippen LogP contribution in [0.25, 0.3) is 0 Å². The highest BCUT2D eigenvalue weighted by Gasteiger charge is 2.33. The van der Waals surface area contributed by atoms with Crippen LogP contribution in [0.4, 0.5) is 0 Å². The predicted octanol–water partition coefficient (Wildman–Crippen LogP) is 2.26. The number of hydrogen-bond acceptors (Lipinski definition) is 3. The van der Waals surface area contributed by atoms with Crippen molar-refractivity contribution in [3.63, 3.8) is 0 Å². The summed E-state index contributed by atoms with van der Waals surface area (Å²) in [5.74, 6) is 0. The molecule has 3 heteroatoms. The highest BCUT2D eigenvalue weighted by molar-refractivity contribution is 4.88. The zero-order chi connectivity index (χ0) is 12.9. The molecule has 1 N–H and O–H groups in total. The summed E-state index contributed by atoms with van der Waals surface area (Å²) in [7, 11) is 0. The Hall–Kier alpha value is -0.120. The Bertz CT molecular complexity index is 218. The van der Waals surface area contributed by atoms with Crippen molar-refractivity contribution < 1.29 is 4.74 Å². The second-order valence-corrected chi connectivity index (χ2v) is 6.01. The quantitative estimate of drug-likeness (QED) is 0.773. The molecule has 1 heterocycles. The lowest BCUT2D eigenvalue weighted by Gasteiger charge is -2.45. The van der Waals surface area contributed by atoms with Gasteiger partial charge in [0, 0.05) is 30.7 Å². The van der Waals surface area contributed by atoms with E-state index in [4.69, 9.17) is 4.74 Å². The lowest BCUT2D eigenvalue weighted by Crippen LogP contribution is -2.58. The van der Waals surface area contributed by atoms with Crippen LogP contribution in [-0.4, -0.2) is 48.8 Å². The third-order valence-corrected chi connectivity index (χ3v) is 3.72. The number of nitrogens with zero attached hydrogens (tertiary/aromatic N) is 1. The smallest absolute Gasteiger partial charge is 0.0645 e. The van der Waals surface area contributed by atoms with Crippen molar-refractivity contribution in [3.8, 4) is 0 Å². The van der Waals surface area contributed by atoms with Gasteiger partial charge in [-0.05, 0) is 34.1 Å². The normalized spacial score (nSPS) is 24.5. The molecule has 0 spiro atoms. The molecule has 0 aromatic rings. The van der Waals surface area contributed by atoms with Crippen LogP contribution >= 0.6 is 0 Å². The fourth-order valence-corrected chi connectivity index (χ4v) is 2.70. The summed E-state index contributed by atoms with van der Waals surface area (Å²) in [6, 6.07) is 1.21. The first-order valence-electron chi connectivity index (χ1n) is 7.05. The summed E-state index contributed by atoms with van der Waals surface area (Å²) in [5.41, 5.74) is 0.174. The second-order valence-electron chi connectivity index (χ2n) is 6.01. The monoisotopic (exact) mass is 242 g/mol. The maximum absolute atomic E-state index is 5.57. The molecule has 102 valence electrons. The molecule has 1 fully saturated rings. The molecule has 2 unspecified atom stereocenters. The zero-order valence-electron chi connectivity index (χ0n) is 12.3. The van der Waals surface area contributed by atoms with Gasteiger partial charge in [-0.1, -0.05) is 13.3 Å². The molecule has 0 aromatic heterocycles. The van der Waals surface area contributed by atoms with Gasteiger partial charge in [0.1, 0.15) is 0 Å². The van der Waals surface area contributed by atoms with Gasteiger partial charge in [0.2, 0.25) is 0 Å². The number of ether oxygens (including phenoxy) is 1. The Balaban J connectivity index is 2.37. The molecule has 0 bridgehead atoms. The summed E-state index contributed by atoms with van der Waals surface area (Å²) in [4.78, 5) is 2.57. The van der Waals surface area contributed by atoms with Gasteiger partial charge in [0.05, 0.1) is 13.2 Å². The fourth-order valence-electron chi connectivity index (χ4n) is 2.70. The van der Waals surface area contributed by atoms with Crippen molar-refractivity contribution in [3.05, 3.63) is 0 Å². The van der Waals surface area contributed by atoms with E-state index in [0.717, 1.165) is 26.3 Å². The minimum Gasteiger partial charge on any atom is -0.378 e. The molecule has 2 atom stereocenters. The van der Waals surface area contributed by atoms with E-state index in [9.17, 15) is 0 Å². The Morgan fingerprint density at radius 1 is 1.35 bits per heavy atom. The third kappa shape index (κ3) is 4.57. The third-order valence-electron chi connectivity index (χ3n) is 3.72. The average Bonchev–Trinajstić information content (AvgIpc) is 2.26. The first-order chi connectivity index (χ1) is 7.97. The summed E-state index contributed by atoms with van der Waals surface area (Å²) in [5, 5.41) is 3.64. The van der Waals surface area contributed by atoms with E-state index in [-0.39, 0.29) is 5.54 Å². The molecule has 1 aliphatic heterocycles. The van der Waals surface area contributed by atoms with E-state index in [1.54, 1.807) is 0 Å². The van der Waals surface area contributed by atoms with Gasteiger partial charge < -0.3 is 10.1 Å². The van der Waals surface area contributed by atoms with Crippen molar-refractivity contribution >= 4 is 0 Å². The van der Waals surface area contributed by atoms with Gasteiger partial charge >= 0.3 is 0 Å². The van der Waals surface area contributed by atoms with E-state index in [1.807, 2.05) is 0 Å². The molecule has 1 saturated heterocycles. The minimum absolute atomic E-state index is 0.174. The zero-order valence-corrected chi connectivity index (χ0v) is 12.3. The van der Waals surface area contributed by atoms with E-state index in [0.29, 0.717) is 12.1 Å². The Morgan fingerprint density at radius 3 is 2.65 bits per heavy atom. The maximum atomic E-state index is 5.57. The number of hydrogen-bond donors (Lipinski definition) is 1. The summed E-state index contributed by atoms with van der Waals surface area (Å²) >= 11 is 0. The molecule has 0 saturated carbocycles. The molecular formula is C14H30N2O. The summed E-state index contributed by atoms with van der Waals surface area (Å²) < 4.78 is 5.57. The van der Waals surface area contributed by atoms with E-state index in [2.05, 4.69) is 44.8 Å². The van der Waals surface area contributed by atoms with Crippen LogP contribution in [0.5, 0.6) is 0 Å². The Labute approximate surface area is 107 Å². The van der Waals surface area contributed by atoms with Crippen LogP contribution in [0, 0.1) is 0 Å². The van der Waals surface area contributed by atoms with Gasteiger partial charge in [-0.25, -0.2) is 0 Å². The molecule has 1 rings (SSSR count). The first kappa shape index (κ1) is 14.9. The van der Waals surface area contributed by atoms with Crippen LogP contribution in [0.3, 0.4) is 0 Å². The lowest BCUT2D eigenvalue weighted by molar-refractivity contribution is -0.0684. The van der Waals surface area contributed by atoms with Crippen molar-refractivity contribution in [1.29, 1.82) is 0 Å². The molecule has 0 amide bonds. The lowest BCUT2D eigenvalue weighted by atomic mass is 10.00. The largest absolute Gasteiger partial charge is 0.378 e. The minimum atomic E-state index is 0.174. The van der Waals surface area contributed by atoms with Gasteiger partial charge in [-0.2, -0.15) is 0 Å². The van der Waals surface area contributed by atoms with Crippen LogP contribution in [-0.2, 0) is 4.74 Å². The van der Waals surface area contributed by atoms with E-state index < -0.39 is 0 Å². The molecule has 0 aliphatic carbocycles. The fraction of sp³-hybridized carbons (Fsp3) is 1.00. The molecule has 0 aromatic carbocycles. The Morgan fingerprint density at radius 2 is 2.06 bits per heavy atom. The van der Waals surface area contributed by atoms with Crippen LogP contribution < -0.4 is 5.32 Å². The van der Waals surface area contributed by atoms with Gasteiger partial charge in [0.25, 0.3) is 0 Å². The highest BCUT2D eigenvalue weighted by atomic mass is 16.5. The second kappa shape index (κ2) is 6.72. The van der Waals surface area contributed by atoms with Gasteiger partial charge in [-0.3, -0.25) is 4.90 Å².